The Bertz CT molecular complexity index is 1170. The van der Waals surface area contributed by atoms with Crippen LogP contribution in [0.2, 0.25) is 0 Å². The number of fused-ring (bicyclic) bond motifs is 1. The van der Waals surface area contributed by atoms with E-state index in [0.29, 0.717) is 18.0 Å². The molecule has 5 N–H and O–H groups in total. The van der Waals surface area contributed by atoms with E-state index in [4.69, 9.17) is 10.5 Å². The third-order valence-electron chi connectivity index (χ3n) is 4.89. The summed E-state index contributed by atoms with van der Waals surface area (Å²) in [6.07, 6.45) is 3.98. The molecule has 4 rings (SSSR count). The van der Waals surface area contributed by atoms with Crippen LogP contribution in [0.5, 0.6) is 5.75 Å². The smallest absolute Gasteiger partial charge is 0.343 e. The maximum atomic E-state index is 11.3. The Morgan fingerprint density at radius 2 is 2.03 bits per heavy atom. The minimum atomic E-state index is -0.594. The first kappa shape index (κ1) is 20.1. The number of carbonyl (C=O) groups excluding carboxylic acids is 2. The van der Waals surface area contributed by atoms with Crippen LogP contribution in [-0.4, -0.2) is 37.2 Å². The van der Waals surface area contributed by atoms with Crippen LogP contribution in [0.3, 0.4) is 0 Å². The van der Waals surface area contributed by atoms with E-state index in [1.165, 1.54) is 7.11 Å². The standard InChI is InChI=1S/C23H22N4O4/c1-30-22(28)13-31-19-4-2-3-14(9-19)15-7-18(25-11-15)8-16-12-26-21-6-5-17(10-20(16)21)27-23(24)29/h2-11,25-26H,12-13H2,1H3,(H3,24,27,29). The number of aromatic amines is 1. The van der Waals surface area contributed by atoms with E-state index in [9.17, 15) is 9.59 Å². The lowest BCUT2D eigenvalue weighted by atomic mass is 10.0. The van der Waals surface area contributed by atoms with Crippen molar-refractivity contribution >= 4 is 35.0 Å². The van der Waals surface area contributed by atoms with Gasteiger partial charge in [0.15, 0.2) is 6.61 Å². The minimum absolute atomic E-state index is 0.135. The number of primary amides is 1. The van der Waals surface area contributed by atoms with Gasteiger partial charge in [-0.1, -0.05) is 12.1 Å². The van der Waals surface area contributed by atoms with Gasteiger partial charge in [-0.15, -0.1) is 0 Å². The number of H-pyrrole nitrogens is 1. The quantitative estimate of drug-likeness (QED) is 0.455. The number of anilines is 2. The Hall–Kier alpha value is -4.20. The molecular weight excluding hydrogens is 396 g/mol. The van der Waals surface area contributed by atoms with E-state index < -0.39 is 12.0 Å². The molecule has 3 aromatic rings. The molecular formula is C23H22N4O4. The molecule has 0 bridgehead atoms. The molecule has 8 heteroatoms. The number of esters is 1. The van der Waals surface area contributed by atoms with Crippen molar-refractivity contribution in [2.45, 2.75) is 0 Å². The summed E-state index contributed by atoms with van der Waals surface area (Å²) in [5.74, 6) is 0.160. The second-order valence-electron chi connectivity index (χ2n) is 7.01. The molecule has 0 saturated carbocycles. The molecule has 158 valence electrons. The average Bonchev–Trinajstić information content (AvgIpc) is 3.39. The molecule has 8 nitrogen and oxygen atoms in total. The molecule has 0 radical (unpaired) electrons. The van der Waals surface area contributed by atoms with Crippen molar-refractivity contribution in [1.82, 2.24) is 4.98 Å². The highest BCUT2D eigenvalue weighted by Gasteiger charge is 2.17. The second kappa shape index (κ2) is 8.66. The number of hydrogen-bond acceptors (Lipinski definition) is 5. The van der Waals surface area contributed by atoms with E-state index in [-0.39, 0.29) is 6.61 Å². The summed E-state index contributed by atoms with van der Waals surface area (Å²) < 4.78 is 10.1. The first-order valence-corrected chi connectivity index (χ1v) is 9.65. The highest BCUT2D eigenvalue weighted by atomic mass is 16.6. The van der Waals surface area contributed by atoms with Crippen molar-refractivity contribution in [3.8, 4) is 16.9 Å². The number of hydrogen-bond donors (Lipinski definition) is 4. The molecule has 2 amide bonds. The zero-order valence-corrected chi connectivity index (χ0v) is 16.9. The van der Waals surface area contributed by atoms with Crippen LogP contribution in [0, 0.1) is 0 Å². The fourth-order valence-corrected chi connectivity index (χ4v) is 3.41. The van der Waals surface area contributed by atoms with Crippen LogP contribution >= 0.6 is 0 Å². The van der Waals surface area contributed by atoms with Gasteiger partial charge in [0.1, 0.15) is 5.75 Å². The number of nitrogens with one attached hydrogen (secondary N) is 3. The minimum Gasteiger partial charge on any atom is -0.482 e. The molecule has 0 saturated heterocycles. The van der Waals surface area contributed by atoms with Crippen molar-refractivity contribution in [2.75, 3.05) is 30.9 Å². The molecule has 1 aliphatic rings. The number of benzene rings is 2. The lowest BCUT2D eigenvalue weighted by Gasteiger charge is -2.06. The van der Waals surface area contributed by atoms with Crippen molar-refractivity contribution in [3.05, 3.63) is 66.0 Å². The van der Waals surface area contributed by atoms with Gasteiger partial charge >= 0.3 is 12.0 Å². The molecule has 0 atom stereocenters. The van der Waals surface area contributed by atoms with Crippen LogP contribution in [0.4, 0.5) is 16.2 Å². The van der Waals surface area contributed by atoms with E-state index in [1.54, 1.807) is 6.07 Å². The molecule has 0 fully saturated rings. The van der Waals surface area contributed by atoms with Gasteiger partial charge in [-0.25, -0.2) is 9.59 Å². The van der Waals surface area contributed by atoms with Gasteiger partial charge in [0.2, 0.25) is 0 Å². The number of aromatic nitrogens is 1. The lowest BCUT2D eigenvalue weighted by Crippen LogP contribution is -2.19. The van der Waals surface area contributed by atoms with Crippen LogP contribution in [-0.2, 0) is 9.53 Å². The zero-order chi connectivity index (χ0) is 21.8. The van der Waals surface area contributed by atoms with Crippen molar-refractivity contribution in [2.24, 2.45) is 5.73 Å². The van der Waals surface area contributed by atoms with E-state index in [0.717, 1.165) is 33.6 Å². The molecule has 1 aliphatic heterocycles. The number of amides is 2. The topological polar surface area (TPSA) is 118 Å². The third-order valence-corrected chi connectivity index (χ3v) is 4.89. The Morgan fingerprint density at radius 1 is 1.16 bits per heavy atom. The molecule has 0 aliphatic carbocycles. The van der Waals surface area contributed by atoms with Gasteiger partial charge in [0.05, 0.1) is 7.11 Å². The SMILES string of the molecule is COC(=O)COc1cccc(-c2c[nH]c(C=C3CNc4ccc(NC(N)=O)cc43)c2)c1. The summed E-state index contributed by atoms with van der Waals surface area (Å²) in [6.45, 7) is 0.546. The average molecular weight is 418 g/mol. The summed E-state index contributed by atoms with van der Waals surface area (Å²) in [5, 5.41) is 5.95. The van der Waals surface area contributed by atoms with Crippen molar-refractivity contribution in [1.29, 1.82) is 0 Å². The van der Waals surface area contributed by atoms with Gasteiger partial charge in [-0.3, -0.25) is 0 Å². The van der Waals surface area contributed by atoms with Crippen LogP contribution in [0.25, 0.3) is 22.8 Å². The Kier molecular flexibility index (Phi) is 5.61. The lowest BCUT2D eigenvalue weighted by molar-refractivity contribution is -0.142. The summed E-state index contributed by atoms with van der Waals surface area (Å²) in [5.41, 5.74) is 11.9. The van der Waals surface area contributed by atoms with Gasteiger partial charge in [0.25, 0.3) is 0 Å². The van der Waals surface area contributed by atoms with Crippen molar-refractivity contribution in [3.63, 3.8) is 0 Å². The Balaban J connectivity index is 1.54. The summed E-state index contributed by atoms with van der Waals surface area (Å²) in [4.78, 5) is 25.7. The van der Waals surface area contributed by atoms with E-state index in [1.807, 2.05) is 48.7 Å². The number of nitrogens with two attached hydrogens (primary N) is 1. The fourth-order valence-electron chi connectivity index (χ4n) is 3.41. The van der Waals surface area contributed by atoms with Crippen molar-refractivity contribution < 1.29 is 19.1 Å². The van der Waals surface area contributed by atoms with Gasteiger partial charge < -0.3 is 30.8 Å². The van der Waals surface area contributed by atoms with Gasteiger partial charge in [-0.05, 0) is 59.2 Å². The van der Waals surface area contributed by atoms with Crippen LogP contribution < -0.4 is 21.1 Å². The molecule has 0 spiro atoms. The first-order chi connectivity index (χ1) is 15.0. The molecule has 2 aromatic carbocycles. The largest absolute Gasteiger partial charge is 0.482 e. The number of ether oxygens (including phenoxy) is 2. The van der Waals surface area contributed by atoms with Crippen LogP contribution in [0.15, 0.2) is 54.7 Å². The van der Waals surface area contributed by atoms with E-state index in [2.05, 4.69) is 26.4 Å². The first-order valence-electron chi connectivity index (χ1n) is 9.65. The Morgan fingerprint density at radius 3 is 2.84 bits per heavy atom. The highest BCUT2D eigenvalue weighted by Crippen LogP contribution is 2.34. The Labute approximate surface area is 179 Å². The monoisotopic (exact) mass is 418 g/mol. The predicted molar refractivity (Wildman–Crippen MR) is 120 cm³/mol. The summed E-state index contributed by atoms with van der Waals surface area (Å²) in [6, 6.07) is 14.6. The van der Waals surface area contributed by atoms with E-state index >= 15 is 0 Å². The molecule has 2 heterocycles. The van der Waals surface area contributed by atoms with Gasteiger partial charge in [0, 0.05) is 35.4 Å². The fraction of sp³-hybridized carbons (Fsp3) is 0.130. The normalized spacial score (nSPS) is 13.4. The van der Waals surface area contributed by atoms with Gasteiger partial charge in [-0.2, -0.15) is 0 Å². The summed E-state index contributed by atoms with van der Waals surface area (Å²) in [7, 11) is 1.32. The second-order valence-corrected chi connectivity index (χ2v) is 7.01. The molecule has 0 unspecified atom stereocenters. The number of rotatable bonds is 6. The maximum Gasteiger partial charge on any atom is 0.343 e. The zero-order valence-electron chi connectivity index (χ0n) is 16.9. The third kappa shape index (κ3) is 4.69. The number of carbonyl (C=O) groups is 2. The number of urea groups is 1. The van der Waals surface area contributed by atoms with Crippen LogP contribution in [0.1, 0.15) is 11.3 Å². The molecule has 1 aromatic heterocycles. The number of methoxy groups -OCH3 is 1. The predicted octanol–water partition coefficient (Wildman–Crippen LogP) is 3.69. The maximum absolute atomic E-state index is 11.3. The highest BCUT2D eigenvalue weighted by molar-refractivity contribution is 5.96. The molecule has 31 heavy (non-hydrogen) atoms. The summed E-state index contributed by atoms with van der Waals surface area (Å²) >= 11 is 0.